The number of carbonyl (C=O) groups is 3. The van der Waals surface area contributed by atoms with Crippen LogP contribution in [0.1, 0.15) is 55.9 Å². The van der Waals surface area contributed by atoms with Crippen molar-refractivity contribution in [2.24, 2.45) is 5.73 Å². The average Bonchev–Trinajstić information content (AvgIpc) is 2.98. The Bertz CT molecular complexity index is 926. The summed E-state index contributed by atoms with van der Waals surface area (Å²) in [7, 11) is 0. The van der Waals surface area contributed by atoms with Gasteiger partial charge < -0.3 is 10.6 Å². The molecule has 144 valence electrons. The van der Waals surface area contributed by atoms with E-state index >= 15 is 0 Å². The van der Waals surface area contributed by atoms with Crippen LogP contribution in [-0.4, -0.2) is 46.7 Å². The van der Waals surface area contributed by atoms with Gasteiger partial charge in [0.25, 0.3) is 17.7 Å². The van der Waals surface area contributed by atoms with Crippen LogP contribution >= 0.6 is 0 Å². The third-order valence-electron chi connectivity index (χ3n) is 5.56. The highest BCUT2D eigenvalue weighted by Crippen LogP contribution is 2.27. The number of carbonyl (C=O) groups excluding carboxylic acids is 3. The first-order valence-corrected chi connectivity index (χ1v) is 9.65. The second-order valence-corrected chi connectivity index (χ2v) is 7.33. The zero-order valence-electron chi connectivity index (χ0n) is 15.6. The molecular weight excluding hydrogens is 354 g/mol. The number of benzene rings is 2. The zero-order valence-corrected chi connectivity index (χ0v) is 15.6. The third-order valence-corrected chi connectivity index (χ3v) is 5.56. The maximum absolute atomic E-state index is 13.0. The van der Waals surface area contributed by atoms with Crippen molar-refractivity contribution in [3.05, 3.63) is 70.8 Å². The quantitative estimate of drug-likeness (QED) is 0.830. The molecule has 2 heterocycles. The minimum atomic E-state index is -0.354. The van der Waals surface area contributed by atoms with Gasteiger partial charge in [0.1, 0.15) is 0 Å². The van der Waals surface area contributed by atoms with Crippen molar-refractivity contribution in [3.63, 3.8) is 0 Å². The lowest BCUT2D eigenvalue weighted by atomic mass is 9.99. The van der Waals surface area contributed by atoms with Crippen LogP contribution in [0, 0.1) is 0 Å². The van der Waals surface area contributed by atoms with Crippen molar-refractivity contribution in [1.82, 2.24) is 9.80 Å². The van der Waals surface area contributed by atoms with Crippen molar-refractivity contribution in [2.75, 3.05) is 13.1 Å². The molecule has 28 heavy (non-hydrogen) atoms. The molecule has 0 saturated carbocycles. The van der Waals surface area contributed by atoms with Gasteiger partial charge in [-0.3, -0.25) is 19.3 Å². The number of amides is 3. The lowest BCUT2D eigenvalue weighted by molar-refractivity contribution is 0.0621. The molecule has 0 aliphatic carbocycles. The molecule has 2 N–H and O–H groups in total. The number of piperidine rings is 1. The Kier molecular flexibility index (Phi) is 4.96. The summed E-state index contributed by atoms with van der Waals surface area (Å²) in [6, 6.07) is 14.2. The normalized spacial score (nSPS) is 19.1. The highest BCUT2D eigenvalue weighted by molar-refractivity contribution is 6.22. The van der Waals surface area contributed by atoms with E-state index in [9.17, 15) is 14.4 Å². The second-order valence-electron chi connectivity index (χ2n) is 7.33. The fraction of sp³-hybridized carbons (Fsp3) is 0.318. The molecule has 2 aromatic rings. The molecule has 1 saturated heterocycles. The number of fused-ring (bicyclic) bond motifs is 1. The first kappa shape index (κ1) is 18.4. The van der Waals surface area contributed by atoms with Gasteiger partial charge in [0.05, 0.1) is 17.7 Å². The molecule has 0 spiro atoms. The van der Waals surface area contributed by atoms with Crippen LogP contribution in [0.4, 0.5) is 0 Å². The van der Waals surface area contributed by atoms with Crippen LogP contribution < -0.4 is 5.73 Å². The van der Waals surface area contributed by atoms with E-state index in [4.69, 9.17) is 5.73 Å². The smallest absolute Gasteiger partial charge is 0.261 e. The molecule has 6 heteroatoms. The maximum atomic E-state index is 13.0. The Morgan fingerprint density at radius 2 is 1.75 bits per heavy atom. The van der Waals surface area contributed by atoms with Crippen LogP contribution in [0.5, 0.6) is 0 Å². The van der Waals surface area contributed by atoms with E-state index in [0.29, 0.717) is 29.8 Å². The average molecular weight is 377 g/mol. The monoisotopic (exact) mass is 377 g/mol. The molecule has 2 aliphatic heterocycles. The van der Waals surface area contributed by atoms with E-state index in [0.717, 1.165) is 24.8 Å². The van der Waals surface area contributed by atoms with E-state index in [-0.39, 0.29) is 30.3 Å². The molecular formula is C22H23N3O3. The summed E-state index contributed by atoms with van der Waals surface area (Å²) in [5.41, 5.74) is 7.80. The molecule has 6 nitrogen and oxygen atoms in total. The molecule has 0 aromatic heterocycles. The molecule has 1 fully saturated rings. The summed E-state index contributed by atoms with van der Waals surface area (Å²) < 4.78 is 0. The number of nitrogens with zero attached hydrogens (tertiary/aromatic N) is 2. The number of hydrogen-bond acceptors (Lipinski definition) is 4. The minimum Gasteiger partial charge on any atom is -0.334 e. The van der Waals surface area contributed by atoms with Gasteiger partial charge in [0.2, 0.25) is 0 Å². The zero-order chi connectivity index (χ0) is 19.7. The fourth-order valence-corrected chi connectivity index (χ4v) is 4.01. The van der Waals surface area contributed by atoms with E-state index in [2.05, 4.69) is 0 Å². The number of likely N-dealkylation sites (tertiary alicyclic amines) is 1. The first-order valence-electron chi connectivity index (χ1n) is 9.65. The van der Waals surface area contributed by atoms with Crippen LogP contribution in [0.2, 0.25) is 0 Å². The largest absolute Gasteiger partial charge is 0.334 e. The first-order chi connectivity index (χ1) is 13.6. The highest BCUT2D eigenvalue weighted by atomic mass is 16.2. The van der Waals surface area contributed by atoms with Crippen molar-refractivity contribution in [2.45, 2.75) is 31.8 Å². The van der Waals surface area contributed by atoms with Gasteiger partial charge in [-0.1, -0.05) is 30.3 Å². The van der Waals surface area contributed by atoms with Crippen molar-refractivity contribution in [3.8, 4) is 0 Å². The summed E-state index contributed by atoms with van der Waals surface area (Å²) in [6.07, 6.45) is 2.92. The van der Waals surface area contributed by atoms with Crippen LogP contribution in [0.15, 0.2) is 48.5 Å². The Hall–Kier alpha value is -2.99. The number of hydrogen-bond donors (Lipinski definition) is 1. The molecule has 4 rings (SSSR count). The molecule has 2 aliphatic rings. The molecule has 1 atom stereocenters. The predicted octanol–water partition coefficient (Wildman–Crippen LogP) is 2.44. The molecule has 0 radical (unpaired) electrons. The van der Waals surface area contributed by atoms with Gasteiger partial charge in [-0.15, -0.1) is 0 Å². The standard InChI is InChI=1S/C22H23N3O3/c23-13-17-8-4-5-11-24(17)20(26)16-9-10-18-19(12-16)22(28)25(21(18)27)14-15-6-2-1-3-7-15/h1-3,6-7,9-10,12,17H,4-5,8,11,13-14,23H2. The van der Waals surface area contributed by atoms with Crippen molar-refractivity contribution < 1.29 is 14.4 Å². The fourth-order valence-electron chi connectivity index (χ4n) is 4.01. The summed E-state index contributed by atoms with van der Waals surface area (Å²) >= 11 is 0. The Labute approximate surface area is 163 Å². The van der Waals surface area contributed by atoms with E-state index < -0.39 is 0 Å². The van der Waals surface area contributed by atoms with Gasteiger partial charge in [0, 0.05) is 24.7 Å². The van der Waals surface area contributed by atoms with Gasteiger partial charge in [-0.25, -0.2) is 0 Å². The Morgan fingerprint density at radius 3 is 2.50 bits per heavy atom. The Balaban J connectivity index is 1.59. The summed E-state index contributed by atoms with van der Waals surface area (Å²) in [4.78, 5) is 41.6. The van der Waals surface area contributed by atoms with Crippen LogP contribution in [-0.2, 0) is 6.54 Å². The maximum Gasteiger partial charge on any atom is 0.261 e. The van der Waals surface area contributed by atoms with Crippen LogP contribution in [0.25, 0.3) is 0 Å². The molecule has 3 amide bonds. The van der Waals surface area contributed by atoms with Gasteiger partial charge in [0.15, 0.2) is 0 Å². The number of rotatable bonds is 4. The van der Waals surface area contributed by atoms with E-state index in [1.54, 1.807) is 23.1 Å². The number of imide groups is 1. The second kappa shape index (κ2) is 7.56. The van der Waals surface area contributed by atoms with Crippen molar-refractivity contribution >= 4 is 17.7 Å². The SMILES string of the molecule is NCC1CCCCN1C(=O)c1ccc2c(c1)C(=O)N(Cc1ccccc1)C2=O. The summed E-state index contributed by atoms with van der Waals surface area (Å²) in [6.45, 7) is 1.32. The predicted molar refractivity (Wildman–Crippen MR) is 105 cm³/mol. The van der Waals surface area contributed by atoms with Gasteiger partial charge >= 0.3 is 0 Å². The van der Waals surface area contributed by atoms with Crippen LogP contribution in [0.3, 0.4) is 0 Å². The third kappa shape index (κ3) is 3.20. The number of nitrogens with two attached hydrogens (primary N) is 1. The Morgan fingerprint density at radius 1 is 1.00 bits per heavy atom. The highest BCUT2D eigenvalue weighted by Gasteiger charge is 2.36. The van der Waals surface area contributed by atoms with Gasteiger partial charge in [-0.05, 0) is 43.0 Å². The van der Waals surface area contributed by atoms with E-state index in [1.165, 1.54) is 4.90 Å². The summed E-state index contributed by atoms with van der Waals surface area (Å²) in [5, 5.41) is 0. The lowest BCUT2D eigenvalue weighted by Crippen LogP contribution is -2.47. The summed E-state index contributed by atoms with van der Waals surface area (Å²) in [5.74, 6) is -0.798. The van der Waals surface area contributed by atoms with Crippen molar-refractivity contribution in [1.29, 1.82) is 0 Å². The lowest BCUT2D eigenvalue weighted by Gasteiger charge is -2.35. The molecule has 0 bridgehead atoms. The van der Waals surface area contributed by atoms with Gasteiger partial charge in [-0.2, -0.15) is 0 Å². The molecule has 2 aromatic carbocycles. The van der Waals surface area contributed by atoms with E-state index in [1.807, 2.05) is 30.3 Å². The topological polar surface area (TPSA) is 83.7 Å². The molecule has 1 unspecified atom stereocenters. The minimum absolute atomic E-state index is 0.0291.